The zero-order valence-electron chi connectivity index (χ0n) is 17.5. The summed E-state index contributed by atoms with van der Waals surface area (Å²) in [6.07, 6.45) is 2.52. The Morgan fingerprint density at radius 2 is 1.77 bits per heavy atom. The number of piperidine rings is 1. The van der Waals surface area contributed by atoms with Crippen molar-refractivity contribution in [1.82, 2.24) is 20.0 Å². The Morgan fingerprint density at radius 1 is 1.08 bits per heavy atom. The van der Waals surface area contributed by atoms with E-state index in [4.69, 9.17) is 9.73 Å². The van der Waals surface area contributed by atoms with Crippen molar-refractivity contribution in [2.75, 3.05) is 79.2 Å². The van der Waals surface area contributed by atoms with E-state index in [1.165, 1.54) is 32.5 Å². The number of aliphatic imine (C=N–C) groups is 1. The highest BCUT2D eigenvalue weighted by atomic mass is 16.5. The van der Waals surface area contributed by atoms with Gasteiger partial charge in [-0.3, -0.25) is 9.89 Å². The molecule has 0 aromatic heterocycles. The third kappa shape index (κ3) is 7.41. The summed E-state index contributed by atoms with van der Waals surface area (Å²) in [5.74, 6) is 2.60. The van der Waals surface area contributed by atoms with Crippen molar-refractivity contribution in [1.29, 1.82) is 0 Å². The molecule has 2 heterocycles. The van der Waals surface area contributed by atoms with Gasteiger partial charge < -0.3 is 19.9 Å². The van der Waals surface area contributed by atoms with Crippen LogP contribution in [-0.2, 0) is 4.74 Å². The number of likely N-dealkylation sites (tertiary alicyclic amines) is 1. The number of hydrogen-bond acceptors (Lipinski definition) is 4. The van der Waals surface area contributed by atoms with Gasteiger partial charge in [-0.1, -0.05) is 13.8 Å². The molecular weight excluding hydrogens is 326 g/mol. The van der Waals surface area contributed by atoms with Crippen LogP contribution in [0, 0.1) is 11.8 Å². The third-order valence-corrected chi connectivity index (χ3v) is 5.45. The van der Waals surface area contributed by atoms with Crippen LogP contribution in [0.4, 0.5) is 0 Å². The van der Waals surface area contributed by atoms with Crippen LogP contribution in [-0.4, -0.2) is 99.8 Å². The molecule has 6 nitrogen and oxygen atoms in total. The molecule has 0 aliphatic carbocycles. The van der Waals surface area contributed by atoms with E-state index in [0.717, 1.165) is 70.2 Å². The average molecular weight is 368 g/mol. The molecule has 2 saturated heterocycles. The quantitative estimate of drug-likeness (QED) is 0.521. The Kier molecular flexibility index (Phi) is 9.72. The number of nitrogens with one attached hydrogen (secondary N) is 1. The fourth-order valence-electron chi connectivity index (χ4n) is 3.91. The number of guanidine groups is 1. The van der Waals surface area contributed by atoms with Crippen molar-refractivity contribution < 1.29 is 4.74 Å². The van der Waals surface area contributed by atoms with Gasteiger partial charge in [0, 0.05) is 59.5 Å². The molecule has 0 saturated carbocycles. The zero-order valence-corrected chi connectivity index (χ0v) is 17.5. The molecule has 0 spiro atoms. The van der Waals surface area contributed by atoms with Gasteiger partial charge >= 0.3 is 0 Å². The monoisotopic (exact) mass is 367 g/mol. The molecule has 26 heavy (non-hydrogen) atoms. The molecule has 0 unspecified atom stereocenters. The van der Waals surface area contributed by atoms with Crippen molar-refractivity contribution in [3.05, 3.63) is 0 Å². The van der Waals surface area contributed by atoms with Gasteiger partial charge in [-0.05, 0) is 44.7 Å². The molecule has 0 aromatic rings. The Bertz CT molecular complexity index is 399. The van der Waals surface area contributed by atoms with Crippen LogP contribution in [0.1, 0.15) is 33.6 Å². The lowest BCUT2D eigenvalue weighted by atomic mass is 9.97. The summed E-state index contributed by atoms with van der Waals surface area (Å²) in [7, 11) is 1.78. The summed E-state index contributed by atoms with van der Waals surface area (Å²) in [5, 5.41) is 3.51. The van der Waals surface area contributed by atoms with Gasteiger partial charge in [0.05, 0.1) is 6.61 Å². The first-order valence-electron chi connectivity index (χ1n) is 10.6. The van der Waals surface area contributed by atoms with Crippen LogP contribution in [0.2, 0.25) is 0 Å². The summed E-state index contributed by atoms with van der Waals surface area (Å²) in [5.41, 5.74) is 0. The van der Waals surface area contributed by atoms with Gasteiger partial charge in [-0.15, -0.1) is 0 Å². The second-order valence-electron chi connectivity index (χ2n) is 8.15. The van der Waals surface area contributed by atoms with Crippen LogP contribution in [0.25, 0.3) is 0 Å². The summed E-state index contributed by atoms with van der Waals surface area (Å²) in [6.45, 7) is 18.7. The van der Waals surface area contributed by atoms with Crippen LogP contribution in [0.5, 0.6) is 0 Å². The van der Waals surface area contributed by atoms with Gasteiger partial charge in [0.1, 0.15) is 0 Å². The third-order valence-electron chi connectivity index (χ3n) is 5.45. The van der Waals surface area contributed by atoms with E-state index in [1.54, 1.807) is 7.11 Å². The molecule has 0 atom stereocenters. The largest absolute Gasteiger partial charge is 0.383 e. The highest BCUT2D eigenvalue weighted by Crippen LogP contribution is 2.17. The predicted molar refractivity (Wildman–Crippen MR) is 110 cm³/mol. The topological polar surface area (TPSA) is 43.3 Å². The second-order valence-corrected chi connectivity index (χ2v) is 8.15. The fourth-order valence-corrected chi connectivity index (χ4v) is 3.91. The average Bonchev–Trinajstić information content (AvgIpc) is 2.64. The minimum absolute atomic E-state index is 0.727. The molecule has 1 N–H and O–H groups in total. The Balaban J connectivity index is 1.77. The Morgan fingerprint density at radius 3 is 2.35 bits per heavy atom. The van der Waals surface area contributed by atoms with Crippen LogP contribution in [0.3, 0.4) is 0 Å². The van der Waals surface area contributed by atoms with Gasteiger partial charge in [-0.25, -0.2) is 0 Å². The maximum absolute atomic E-state index is 5.19. The van der Waals surface area contributed by atoms with Crippen molar-refractivity contribution in [2.24, 2.45) is 16.8 Å². The molecular formula is C20H41N5O. The lowest BCUT2D eigenvalue weighted by Crippen LogP contribution is -2.53. The van der Waals surface area contributed by atoms with Crippen molar-refractivity contribution in [3.63, 3.8) is 0 Å². The second kappa shape index (κ2) is 11.8. The highest BCUT2D eigenvalue weighted by Gasteiger charge is 2.22. The minimum Gasteiger partial charge on any atom is -0.383 e. The Labute approximate surface area is 160 Å². The number of piperazine rings is 1. The number of nitrogens with zero attached hydrogens (tertiary/aromatic N) is 4. The maximum Gasteiger partial charge on any atom is 0.194 e. The SMILES string of the molecule is CCNC(=NCC1CCN(CCOC)CC1)N1CCN(CC(C)C)CC1. The number of hydrogen-bond donors (Lipinski definition) is 1. The molecule has 0 amide bonds. The fraction of sp³-hybridized carbons (Fsp3) is 0.950. The van der Waals surface area contributed by atoms with Crippen LogP contribution in [0.15, 0.2) is 4.99 Å². The minimum atomic E-state index is 0.727. The molecule has 2 aliphatic heterocycles. The number of ether oxygens (including phenoxy) is 1. The molecule has 0 bridgehead atoms. The smallest absolute Gasteiger partial charge is 0.194 e. The molecule has 152 valence electrons. The molecule has 2 aliphatic rings. The van der Waals surface area contributed by atoms with Gasteiger partial charge in [-0.2, -0.15) is 0 Å². The normalized spacial score (nSPS) is 21.6. The van der Waals surface area contributed by atoms with E-state index in [-0.39, 0.29) is 0 Å². The molecule has 0 radical (unpaired) electrons. The maximum atomic E-state index is 5.19. The van der Waals surface area contributed by atoms with Gasteiger partial charge in [0.2, 0.25) is 0 Å². The standard InChI is InChI=1S/C20H41N5O/c1-5-21-20(25-12-10-24(11-13-25)17-18(2)3)22-16-19-6-8-23(9-7-19)14-15-26-4/h18-19H,5-17H2,1-4H3,(H,21,22). The molecule has 2 fully saturated rings. The summed E-state index contributed by atoms with van der Waals surface area (Å²) in [4.78, 5) is 12.6. The van der Waals surface area contributed by atoms with Crippen LogP contribution < -0.4 is 5.32 Å². The molecule has 2 rings (SSSR count). The van der Waals surface area contributed by atoms with E-state index < -0.39 is 0 Å². The van der Waals surface area contributed by atoms with E-state index in [0.29, 0.717) is 0 Å². The summed E-state index contributed by atoms with van der Waals surface area (Å²) in [6, 6.07) is 0. The molecule has 0 aromatic carbocycles. The van der Waals surface area contributed by atoms with E-state index in [9.17, 15) is 0 Å². The van der Waals surface area contributed by atoms with Gasteiger partial charge in [0.15, 0.2) is 5.96 Å². The van der Waals surface area contributed by atoms with E-state index >= 15 is 0 Å². The first-order chi connectivity index (χ1) is 12.6. The van der Waals surface area contributed by atoms with Crippen molar-refractivity contribution in [2.45, 2.75) is 33.6 Å². The first-order valence-corrected chi connectivity index (χ1v) is 10.6. The van der Waals surface area contributed by atoms with E-state index in [2.05, 4.69) is 40.8 Å². The lowest BCUT2D eigenvalue weighted by molar-refractivity contribution is 0.121. The summed E-state index contributed by atoms with van der Waals surface area (Å²) < 4.78 is 5.19. The number of rotatable bonds is 8. The van der Waals surface area contributed by atoms with Gasteiger partial charge in [0.25, 0.3) is 0 Å². The highest BCUT2D eigenvalue weighted by molar-refractivity contribution is 5.80. The lowest BCUT2D eigenvalue weighted by Gasteiger charge is -2.37. The van der Waals surface area contributed by atoms with E-state index in [1.807, 2.05) is 0 Å². The summed E-state index contributed by atoms with van der Waals surface area (Å²) >= 11 is 0. The predicted octanol–water partition coefficient (Wildman–Crippen LogP) is 1.58. The van der Waals surface area contributed by atoms with Crippen LogP contribution >= 0.6 is 0 Å². The van der Waals surface area contributed by atoms with Crippen molar-refractivity contribution in [3.8, 4) is 0 Å². The number of methoxy groups -OCH3 is 1. The molecule has 6 heteroatoms. The Hall–Kier alpha value is -0.850. The zero-order chi connectivity index (χ0) is 18.8. The van der Waals surface area contributed by atoms with Crippen molar-refractivity contribution >= 4 is 5.96 Å². The first kappa shape index (κ1) is 21.5.